The highest BCUT2D eigenvalue weighted by atomic mass is 32.1. The molecule has 1 aliphatic rings. The number of amides is 1. The van der Waals surface area contributed by atoms with Crippen LogP contribution in [0.1, 0.15) is 29.1 Å². The van der Waals surface area contributed by atoms with Crippen molar-refractivity contribution in [2.45, 2.75) is 26.8 Å². The first-order chi connectivity index (χ1) is 15.9. The number of aliphatic hydroxyl groups excluding tert-OH is 1. The van der Waals surface area contributed by atoms with Gasteiger partial charge in [0.15, 0.2) is 22.4 Å². The molecule has 174 valence electrons. The Morgan fingerprint density at radius 3 is 2.88 bits per heavy atom. The summed E-state index contributed by atoms with van der Waals surface area (Å²) >= 11 is 1.50. The molecule has 2 aromatic carbocycles. The predicted octanol–water partition coefficient (Wildman–Crippen LogP) is 4.77. The number of nitrogens with one attached hydrogen (secondary N) is 1. The molecule has 1 aliphatic heterocycles. The van der Waals surface area contributed by atoms with Gasteiger partial charge in [0.1, 0.15) is 6.61 Å². The lowest BCUT2D eigenvalue weighted by molar-refractivity contribution is 0.102. The fourth-order valence-corrected chi connectivity index (χ4v) is 4.34. The summed E-state index contributed by atoms with van der Waals surface area (Å²) < 4.78 is 25.8. The number of benzene rings is 2. The number of fused-ring (bicyclic) bond motifs is 1. The van der Waals surface area contributed by atoms with Crippen molar-refractivity contribution in [1.29, 1.82) is 0 Å². The van der Waals surface area contributed by atoms with Crippen LogP contribution in [0.3, 0.4) is 0 Å². The van der Waals surface area contributed by atoms with Gasteiger partial charge in [-0.3, -0.25) is 4.79 Å². The van der Waals surface area contributed by atoms with Gasteiger partial charge in [0.05, 0.1) is 30.5 Å². The number of aromatic nitrogens is 1. The molecule has 0 spiro atoms. The number of thiazole rings is 1. The van der Waals surface area contributed by atoms with Gasteiger partial charge in [0, 0.05) is 22.8 Å². The van der Waals surface area contributed by atoms with Gasteiger partial charge in [-0.2, -0.15) is 0 Å². The van der Waals surface area contributed by atoms with Crippen molar-refractivity contribution in [3.05, 3.63) is 58.9 Å². The van der Waals surface area contributed by atoms with E-state index in [1.165, 1.54) is 23.5 Å². The summed E-state index contributed by atoms with van der Waals surface area (Å²) in [5.74, 6) is -0.168. The van der Waals surface area contributed by atoms with Crippen LogP contribution in [-0.2, 0) is 0 Å². The van der Waals surface area contributed by atoms with Gasteiger partial charge in [-0.1, -0.05) is 19.9 Å². The van der Waals surface area contributed by atoms with Crippen molar-refractivity contribution in [3.8, 4) is 11.5 Å². The second-order valence-electron chi connectivity index (χ2n) is 8.23. The molecular weight excluding hydrogens is 445 g/mol. The minimum Gasteiger partial charge on any atom is -0.490 e. The molecule has 7 nitrogen and oxygen atoms in total. The van der Waals surface area contributed by atoms with E-state index in [0.717, 1.165) is 4.88 Å². The van der Waals surface area contributed by atoms with Gasteiger partial charge >= 0.3 is 0 Å². The van der Waals surface area contributed by atoms with E-state index in [1.807, 2.05) is 31.7 Å². The molecule has 0 unspecified atom stereocenters. The van der Waals surface area contributed by atoms with Crippen LogP contribution in [0.25, 0.3) is 0 Å². The lowest BCUT2D eigenvalue weighted by atomic mass is 10.1. The summed E-state index contributed by atoms with van der Waals surface area (Å²) in [7, 11) is 0. The maximum Gasteiger partial charge on any atom is 0.259 e. The molecule has 0 saturated carbocycles. The summed E-state index contributed by atoms with van der Waals surface area (Å²) in [5.41, 5.74) is 1.26. The third-order valence-corrected chi connectivity index (χ3v) is 5.98. The molecule has 1 atom stereocenters. The molecule has 9 heteroatoms. The highest BCUT2D eigenvalue weighted by Crippen LogP contribution is 2.42. The second-order valence-corrected chi connectivity index (χ2v) is 9.44. The molecule has 2 N–H and O–H groups in total. The average molecular weight is 472 g/mol. The Morgan fingerprint density at radius 2 is 2.21 bits per heavy atom. The van der Waals surface area contributed by atoms with E-state index in [0.29, 0.717) is 34.4 Å². The Kier molecular flexibility index (Phi) is 6.80. The van der Waals surface area contributed by atoms with E-state index in [4.69, 9.17) is 9.47 Å². The molecule has 0 bridgehead atoms. The third-order valence-electron chi connectivity index (χ3n) is 5.07. The summed E-state index contributed by atoms with van der Waals surface area (Å²) in [6.07, 6.45) is 1.77. The Morgan fingerprint density at radius 1 is 1.39 bits per heavy atom. The van der Waals surface area contributed by atoms with Crippen molar-refractivity contribution >= 4 is 33.8 Å². The van der Waals surface area contributed by atoms with Crippen LogP contribution in [-0.4, -0.2) is 41.9 Å². The number of hydrogen-bond donors (Lipinski definition) is 2. The van der Waals surface area contributed by atoms with Crippen LogP contribution in [0.2, 0.25) is 0 Å². The average Bonchev–Trinajstić information content (AvgIpc) is 3.22. The van der Waals surface area contributed by atoms with Crippen LogP contribution in [0.15, 0.2) is 42.6 Å². The largest absolute Gasteiger partial charge is 0.490 e. The van der Waals surface area contributed by atoms with E-state index in [9.17, 15) is 14.3 Å². The number of carbonyl (C=O) groups excluding carboxylic acids is 1. The van der Waals surface area contributed by atoms with Crippen LogP contribution in [0.5, 0.6) is 11.5 Å². The SMILES string of the molecule is Cc1cnc(N2c3cccc(C(=O)Nc4ccc(OCC(C)C)c(F)c4)c3OC[C@@H]2CO)s1. The molecule has 1 aromatic heterocycles. The Labute approximate surface area is 195 Å². The molecular formula is C24H26FN3O4S. The van der Waals surface area contributed by atoms with Crippen molar-refractivity contribution in [2.24, 2.45) is 5.92 Å². The van der Waals surface area contributed by atoms with E-state index >= 15 is 0 Å². The number of para-hydroxylation sites is 1. The number of aryl methyl sites for hydroxylation is 1. The minimum absolute atomic E-state index is 0.126. The lowest BCUT2D eigenvalue weighted by Crippen LogP contribution is -2.42. The molecule has 33 heavy (non-hydrogen) atoms. The fraction of sp³-hybridized carbons (Fsp3) is 0.333. The number of aliphatic hydroxyl groups is 1. The van der Waals surface area contributed by atoms with Crippen molar-refractivity contribution in [3.63, 3.8) is 0 Å². The van der Waals surface area contributed by atoms with Gasteiger partial charge in [0.2, 0.25) is 0 Å². The summed E-state index contributed by atoms with van der Waals surface area (Å²) in [4.78, 5) is 20.4. The zero-order chi connectivity index (χ0) is 23.5. The Bertz CT molecular complexity index is 1150. The number of nitrogens with zero attached hydrogens (tertiary/aromatic N) is 2. The number of halogens is 1. The lowest BCUT2D eigenvalue weighted by Gasteiger charge is -2.36. The zero-order valence-electron chi connectivity index (χ0n) is 18.7. The van der Waals surface area contributed by atoms with E-state index < -0.39 is 11.7 Å². The minimum atomic E-state index is -0.545. The van der Waals surface area contributed by atoms with Crippen LogP contribution in [0.4, 0.5) is 20.9 Å². The predicted molar refractivity (Wildman–Crippen MR) is 126 cm³/mol. The first-order valence-electron chi connectivity index (χ1n) is 10.7. The Balaban J connectivity index is 1.59. The summed E-state index contributed by atoms with van der Waals surface area (Å²) in [6, 6.07) is 9.22. The van der Waals surface area contributed by atoms with E-state index in [-0.39, 0.29) is 30.9 Å². The van der Waals surface area contributed by atoms with E-state index in [1.54, 1.807) is 24.4 Å². The van der Waals surface area contributed by atoms with Crippen molar-refractivity contribution in [1.82, 2.24) is 4.98 Å². The van der Waals surface area contributed by atoms with Gasteiger partial charge in [0.25, 0.3) is 5.91 Å². The molecule has 3 aromatic rings. The smallest absolute Gasteiger partial charge is 0.259 e. The fourth-order valence-electron chi connectivity index (χ4n) is 3.49. The maximum absolute atomic E-state index is 14.4. The second kappa shape index (κ2) is 9.76. The standard InChI is InChI=1S/C24H26FN3O4S/c1-14(2)12-31-21-8-7-16(9-19(21)25)27-23(30)18-5-4-6-20-22(18)32-13-17(11-29)28(20)24-26-10-15(3)33-24/h4-10,14,17,29H,11-13H2,1-3H3,(H,27,30)/t17-/m0/s1. The number of hydrogen-bond acceptors (Lipinski definition) is 7. The topological polar surface area (TPSA) is 83.9 Å². The highest BCUT2D eigenvalue weighted by Gasteiger charge is 2.33. The van der Waals surface area contributed by atoms with Gasteiger partial charge in [-0.05, 0) is 37.1 Å². The zero-order valence-corrected chi connectivity index (χ0v) is 19.5. The first kappa shape index (κ1) is 23.0. The molecule has 4 rings (SSSR count). The Hall–Kier alpha value is -3.17. The number of rotatable bonds is 7. The normalized spacial score (nSPS) is 15.2. The van der Waals surface area contributed by atoms with E-state index in [2.05, 4.69) is 10.3 Å². The summed E-state index contributed by atoms with van der Waals surface area (Å²) in [5, 5.41) is 13.3. The summed E-state index contributed by atoms with van der Waals surface area (Å²) in [6.45, 7) is 6.39. The van der Waals surface area contributed by atoms with Gasteiger partial charge in [-0.25, -0.2) is 9.37 Å². The first-order valence-corrected chi connectivity index (χ1v) is 11.5. The maximum atomic E-state index is 14.4. The molecule has 0 radical (unpaired) electrons. The highest BCUT2D eigenvalue weighted by molar-refractivity contribution is 7.15. The van der Waals surface area contributed by atoms with Crippen molar-refractivity contribution < 1.29 is 23.8 Å². The molecule has 0 fully saturated rings. The number of anilines is 3. The monoisotopic (exact) mass is 471 g/mol. The van der Waals surface area contributed by atoms with Gasteiger partial charge < -0.3 is 24.8 Å². The molecule has 0 aliphatic carbocycles. The van der Waals surface area contributed by atoms with Crippen LogP contribution >= 0.6 is 11.3 Å². The molecule has 2 heterocycles. The quantitative estimate of drug-likeness (QED) is 0.517. The van der Waals surface area contributed by atoms with Crippen molar-refractivity contribution in [2.75, 3.05) is 30.0 Å². The van der Waals surface area contributed by atoms with Crippen LogP contribution < -0.4 is 19.7 Å². The number of carbonyl (C=O) groups is 1. The molecule has 0 saturated heterocycles. The number of ether oxygens (including phenoxy) is 2. The third kappa shape index (κ3) is 4.94. The van der Waals surface area contributed by atoms with Crippen LogP contribution in [0, 0.1) is 18.7 Å². The van der Waals surface area contributed by atoms with Gasteiger partial charge in [-0.15, -0.1) is 11.3 Å². The molecule has 1 amide bonds.